The van der Waals surface area contributed by atoms with Crippen molar-refractivity contribution < 1.29 is 9.53 Å². The normalized spacial score (nSPS) is 17.0. The molecule has 3 N–H and O–H groups in total. The molecule has 0 amide bonds. The van der Waals surface area contributed by atoms with Crippen molar-refractivity contribution in [1.29, 1.82) is 0 Å². The van der Waals surface area contributed by atoms with Gasteiger partial charge in [0.05, 0.1) is 12.8 Å². The zero-order chi connectivity index (χ0) is 15.5. The zero-order valence-electron chi connectivity index (χ0n) is 13.0. The van der Waals surface area contributed by atoms with Gasteiger partial charge in [0, 0.05) is 12.1 Å². The number of likely N-dealkylation sites (N-methyl/N-ethyl adjacent to an activating group) is 1. The summed E-state index contributed by atoms with van der Waals surface area (Å²) in [5.74, 6) is 0.0901. The maximum atomic E-state index is 11.5. The number of pyridine rings is 1. The Balaban J connectivity index is 2.13. The third kappa shape index (κ3) is 3.26. The minimum atomic E-state index is -0.457. The first-order chi connectivity index (χ1) is 9.98. The number of aromatic nitrogens is 1. The molecule has 0 radical (unpaired) electrons. The number of nitrogens with one attached hydrogen (secondary N) is 1. The van der Waals surface area contributed by atoms with Crippen molar-refractivity contribution >= 4 is 17.5 Å². The van der Waals surface area contributed by atoms with Crippen molar-refractivity contribution in [1.82, 2.24) is 9.88 Å². The van der Waals surface area contributed by atoms with Crippen LogP contribution in [0.1, 0.15) is 36.2 Å². The van der Waals surface area contributed by atoms with Crippen molar-refractivity contribution in [2.24, 2.45) is 0 Å². The first kappa shape index (κ1) is 15.6. The van der Waals surface area contributed by atoms with Crippen LogP contribution in [0.15, 0.2) is 12.1 Å². The Morgan fingerprint density at radius 2 is 2.10 bits per heavy atom. The number of nitrogens with zero attached hydrogens (tertiary/aromatic N) is 2. The van der Waals surface area contributed by atoms with Crippen molar-refractivity contribution in [3.05, 3.63) is 17.8 Å². The highest BCUT2D eigenvalue weighted by molar-refractivity contribution is 5.88. The maximum Gasteiger partial charge on any atom is 0.356 e. The average Bonchev–Trinajstić information content (AvgIpc) is 2.96. The second kappa shape index (κ2) is 6.30. The predicted octanol–water partition coefficient (Wildman–Crippen LogP) is 1.74. The number of carbonyl (C=O) groups is 1. The minimum absolute atomic E-state index is 0.134. The standard InChI is InChI=1S/C15H24N4O2/c1-19(2)15(8-4-5-9-15)10-17-13-11(16)6-7-12(18-13)14(20)21-3/h6-7H,4-5,8-10,16H2,1-3H3,(H,17,18). The van der Waals surface area contributed by atoms with Gasteiger partial charge in [0.2, 0.25) is 0 Å². The molecule has 0 aromatic carbocycles. The van der Waals surface area contributed by atoms with Crippen molar-refractivity contribution in [2.45, 2.75) is 31.2 Å². The van der Waals surface area contributed by atoms with Crippen LogP contribution in [-0.2, 0) is 4.74 Å². The van der Waals surface area contributed by atoms with Gasteiger partial charge in [-0.15, -0.1) is 0 Å². The summed E-state index contributed by atoms with van der Waals surface area (Å²) in [5.41, 5.74) is 6.88. The summed E-state index contributed by atoms with van der Waals surface area (Å²) in [6, 6.07) is 3.25. The van der Waals surface area contributed by atoms with Crippen LogP contribution in [0.25, 0.3) is 0 Å². The third-order valence-corrected chi connectivity index (χ3v) is 4.39. The molecular formula is C15H24N4O2. The van der Waals surface area contributed by atoms with E-state index in [1.54, 1.807) is 12.1 Å². The number of nitrogens with two attached hydrogens (primary N) is 1. The summed E-state index contributed by atoms with van der Waals surface area (Å²) in [5, 5.41) is 3.31. The Hall–Kier alpha value is -1.82. The van der Waals surface area contributed by atoms with Gasteiger partial charge in [-0.05, 0) is 39.1 Å². The Labute approximate surface area is 125 Å². The number of rotatable bonds is 5. The lowest BCUT2D eigenvalue weighted by atomic mass is 9.96. The molecule has 0 bridgehead atoms. The van der Waals surface area contributed by atoms with E-state index in [0.29, 0.717) is 11.5 Å². The number of methoxy groups -OCH3 is 1. The molecule has 0 unspecified atom stereocenters. The van der Waals surface area contributed by atoms with E-state index in [1.807, 2.05) is 0 Å². The third-order valence-electron chi connectivity index (χ3n) is 4.39. The molecule has 6 nitrogen and oxygen atoms in total. The number of anilines is 2. The molecular weight excluding hydrogens is 268 g/mol. The van der Waals surface area contributed by atoms with Crippen LogP contribution in [0.3, 0.4) is 0 Å². The van der Waals surface area contributed by atoms with Gasteiger partial charge in [0.1, 0.15) is 5.82 Å². The summed E-state index contributed by atoms with van der Waals surface area (Å²) >= 11 is 0. The first-order valence-corrected chi connectivity index (χ1v) is 7.25. The van der Waals surface area contributed by atoms with E-state index in [0.717, 1.165) is 19.4 Å². The lowest BCUT2D eigenvalue weighted by Crippen LogP contribution is -2.47. The lowest BCUT2D eigenvalue weighted by Gasteiger charge is -2.36. The van der Waals surface area contributed by atoms with E-state index >= 15 is 0 Å². The molecule has 1 fully saturated rings. The minimum Gasteiger partial charge on any atom is -0.464 e. The smallest absolute Gasteiger partial charge is 0.356 e. The molecule has 6 heteroatoms. The Bertz CT molecular complexity index is 510. The predicted molar refractivity (Wildman–Crippen MR) is 83.4 cm³/mol. The number of hydrogen-bond donors (Lipinski definition) is 2. The van der Waals surface area contributed by atoms with Crippen LogP contribution in [-0.4, -0.2) is 49.1 Å². The van der Waals surface area contributed by atoms with E-state index in [1.165, 1.54) is 20.0 Å². The fourth-order valence-electron chi connectivity index (χ4n) is 2.89. The Kier molecular flexibility index (Phi) is 4.67. The van der Waals surface area contributed by atoms with Crippen LogP contribution in [0.2, 0.25) is 0 Å². The van der Waals surface area contributed by atoms with Crippen molar-refractivity contribution in [3.63, 3.8) is 0 Å². The maximum absolute atomic E-state index is 11.5. The van der Waals surface area contributed by atoms with Crippen molar-refractivity contribution in [3.8, 4) is 0 Å². The van der Waals surface area contributed by atoms with Crippen LogP contribution < -0.4 is 11.1 Å². The zero-order valence-corrected chi connectivity index (χ0v) is 13.0. The van der Waals surface area contributed by atoms with Crippen LogP contribution >= 0.6 is 0 Å². The molecule has 1 aliphatic rings. The van der Waals surface area contributed by atoms with Crippen LogP contribution in [0, 0.1) is 0 Å². The SMILES string of the molecule is COC(=O)c1ccc(N)c(NCC2(N(C)C)CCCC2)n1. The van der Waals surface area contributed by atoms with E-state index in [2.05, 4.69) is 34.0 Å². The van der Waals surface area contributed by atoms with Gasteiger partial charge in [0.15, 0.2) is 5.69 Å². The van der Waals surface area contributed by atoms with Gasteiger partial charge in [-0.1, -0.05) is 12.8 Å². The van der Waals surface area contributed by atoms with E-state index in [9.17, 15) is 4.79 Å². The molecule has 1 heterocycles. The highest BCUT2D eigenvalue weighted by atomic mass is 16.5. The van der Waals surface area contributed by atoms with Gasteiger partial charge < -0.3 is 20.7 Å². The monoisotopic (exact) mass is 292 g/mol. The molecule has 1 aromatic rings. The fourth-order valence-corrected chi connectivity index (χ4v) is 2.89. The van der Waals surface area contributed by atoms with Crippen molar-refractivity contribution in [2.75, 3.05) is 38.8 Å². The fraction of sp³-hybridized carbons (Fsp3) is 0.600. The topological polar surface area (TPSA) is 80.5 Å². The average molecular weight is 292 g/mol. The summed E-state index contributed by atoms with van der Waals surface area (Å²) in [4.78, 5) is 18.1. The largest absolute Gasteiger partial charge is 0.464 e. The van der Waals surface area contributed by atoms with E-state index < -0.39 is 5.97 Å². The summed E-state index contributed by atoms with van der Waals surface area (Å²) < 4.78 is 4.69. The lowest BCUT2D eigenvalue weighted by molar-refractivity contribution is 0.0594. The highest BCUT2D eigenvalue weighted by Gasteiger charge is 2.35. The van der Waals surface area contributed by atoms with Gasteiger partial charge in [-0.25, -0.2) is 9.78 Å². The molecule has 1 aromatic heterocycles. The molecule has 2 rings (SSSR count). The quantitative estimate of drug-likeness (QED) is 0.805. The van der Waals surface area contributed by atoms with E-state index in [-0.39, 0.29) is 11.2 Å². The molecule has 0 atom stereocenters. The molecule has 0 aliphatic heterocycles. The molecule has 21 heavy (non-hydrogen) atoms. The number of hydrogen-bond acceptors (Lipinski definition) is 6. The summed E-state index contributed by atoms with van der Waals surface area (Å²) in [7, 11) is 5.55. The number of esters is 1. The molecule has 0 saturated heterocycles. The second-order valence-electron chi connectivity index (χ2n) is 5.81. The number of carbonyl (C=O) groups excluding carboxylic acids is 1. The highest BCUT2D eigenvalue weighted by Crippen LogP contribution is 2.34. The van der Waals surface area contributed by atoms with Gasteiger partial charge >= 0.3 is 5.97 Å². The molecule has 116 valence electrons. The molecule has 0 spiro atoms. The van der Waals surface area contributed by atoms with Gasteiger partial charge in [-0.3, -0.25) is 0 Å². The summed E-state index contributed by atoms with van der Waals surface area (Å²) in [6.45, 7) is 0.766. The van der Waals surface area contributed by atoms with Crippen LogP contribution in [0.5, 0.6) is 0 Å². The summed E-state index contributed by atoms with van der Waals surface area (Å²) in [6.07, 6.45) is 4.79. The number of nitrogen functional groups attached to an aromatic ring is 1. The van der Waals surface area contributed by atoms with Crippen LogP contribution in [0.4, 0.5) is 11.5 Å². The number of ether oxygens (including phenoxy) is 1. The molecule has 1 saturated carbocycles. The van der Waals surface area contributed by atoms with Gasteiger partial charge in [0.25, 0.3) is 0 Å². The van der Waals surface area contributed by atoms with Gasteiger partial charge in [-0.2, -0.15) is 0 Å². The first-order valence-electron chi connectivity index (χ1n) is 7.25. The second-order valence-corrected chi connectivity index (χ2v) is 5.81. The Morgan fingerprint density at radius 3 is 2.67 bits per heavy atom. The molecule has 1 aliphatic carbocycles. The Morgan fingerprint density at radius 1 is 1.43 bits per heavy atom. The van der Waals surface area contributed by atoms with E-state index in [4.69, 9.17) is 5.73 Å².